The van der Waals surface area contributed by atoms with Gasteiger partial charge in [0.25, 0.3) is 0 Å². The Morgan fingerprint density at radius 2 is 2.38 bits per heavy atom. The molecule has 0 spiro atoms. The highest BCUT2D eigenvalue weighted by Crippen LogP contribution is 2.30. The van der Waals surface area contributed by atoms with Crippen molar-refractivity contribution < 1.29 is 0 Å². The van der Waals surface area contributed by atoms with Gasteiger partial charge >= 0.3 is 0 Å². The number of nitrogens with zero attached hydrogens (tertiary/aromatic N) is 1. The van der Waals surface area contributed by atoms with Crippen molar-refractivity contribution in [2.45, 2.75) is 19.8 Å². The van der Waals surface area contributed by atoms with Gasteiger partial charge in [0.05, 0.1) is 6.07 Å². The quantitative estimate of drug-likeness (QED) is 0.469. The molecular weight excluding hydrogens is 98.1 g/mol. The van der Waals surface area contributed by atoms with Crippen LogP contribution in [0.4, 0.5) is 0 Å². The van der Waals surface area contributed by atoms with Crippen LogP contribution >= 0.6 is 0 Å². The predicted octanol–water partition coefficient (Wildman–Crippen LogP) is 1.87. The van der Waals surface area contributed by atoms with E-state index in [-0.39, 0.29) is 0 Å². The lowest BCUT2D eigenvalue weighted by Gasteiger charge is -1.79. The second kappa shape index (κ2) is 2.00. The van der Waals surface area contributed by atoms with Crippen molar-refractivity contribution in [1.29, 1.82) is 5.26 Å². The van der Waals surface area contributed by atoms with Gasteiger partial charge in [0.15, 0.2) is 0 Å². The molecule has 0 bridgehead atoms. The van der Waals surface area contributed by atoms with Crippen LogP contribution in [0.3, 0.4) is 0 Å². The van der Waals surface area contributed by atoms with Gasteiger partial charge in [0.2, 0.25) is 0 Å². The monoisotopic (exact) mass is 107 g/mol. The van der Waals surface area contributed by atoms with E-state index in [4.69, 9.17) is 5.26 Å². The van der Waals surface area contributed by atoms with E-state index < -0.39 is 0 Å². The van der Waals surface area contributed by atoms with Crippen LogP contribution in [0.2, 0.25) is 0 Å². The van der Waals surface area contributed by atoms with Crippen molar-refractivity contribution in [2.75, 3.05) is 0 Å². The van der Waals surface area contributed by atoms with Crippen LogP contribution in [0.15, 0.2) is 11.6 Å². The summed E-state index contributed by atoms with van der Waals surface area (Å²) >= 11 is 0. The molecule has 0 aliphatic heterocycles. The first-order valence-electron chi connectivity index (χ1n) is 2.91. The Bertz CT molecular complexity index is 146. The summed E-state index contributed by atoms with van der Waals surface area (Å²) in [5.41, 5.74) is 0.868. The van der Waals surface area contributed by atoms with Crippen LogP contribution in [0.25, 0.3) is 0 Å². The molecule has 0 unspecified atom stereocenters. The third-order valence-corrected chi connectivity index (χ3v) is 1.28. The maximum atomic E-state index is 8.29. The second-order valence-electron chi connectivity index (χ2n) is 2.30. The summed E-state index contributed by atoms with van der Waals surface area (Å²) in [7, 11) is 0. The zero-order valence-corrected chi connectivity index (χ0v) is 5.02. The highest BCUT2D eigenvalue weighted by molar-refractivity contribution is 5.19. The normalized spacial score (nSPS) is 20.2. The molecule has 1 fully saturated rings. The number of hydrogen-bond donors (Lipinski definition) is 0. The molecule has 1 aliphatic carbocycles. The van der Waals surface area contributed by atoms with Gasteiger partial charge in [-0.25, -0.2) is 0 Å². The minimum Gasteiger partial charge on any atom is -0.193 e. The van der Waals surface area contributed by atoms with Crippen LogP contribution < -0.4 is 0 Å². The number of rotatable bonds is 1. The summed E-state index contributed by atoms with van der Waals surface area (Å²) < 4.78 is 0. The average Bonchev–Trinajstić information content (AvgIpc) is 2.50. The van der Waals surface area contributed by atoms with Gasteiger partial charge in [-0.2, -0.15) is 5.26 Å². The van der Waals surface area contributed by atoms with E-state index in [1.165, 1.54) is 12.8 Å². The molecule has 1 rings (SSSR count). The smallest absolute Gasteiger partial charge is 0.0940 e. The lowest BCUT2D eigenvalue weighted by molar-refractivity contribution is 1.10. The first-order valence-corrected chi connectivity index (χ1v) is 2.91. The number of nitriles is 1. The van der Waals surface area contributed by atoms with Crippen LogP contribution in [-0.4, -0.2) is 0 Å². The summed E-state index contributed by atoms with van der Waals surface area (Å²) in [5, 5.41) is 8.29. The zero-order chi connectivity index (χ0) is 5.98. The Hall–Kier alpha value is -0.770. The average molecular weight is 107 g/mol. The molecule has 0 N–H and O–H groups in total. The van der Waals surface area contributed by atoms with Gasteiger partial charge < -0.3 is 0 Å². The van der Waals surface area contributed by atoms with Crippen molar-refractivity contribution in [2.24, 2.45) is 5.92 Å². The number of hydrogen-bond acceptors (Lipinski definition) is 1. The van der Waals surface area contributed by atoms with E-state index in [2.05, 4.69) is 12.1 Å². The minimum atomic E-state index is 0.745. The van der Waals surface area contributed by atoms with Crippen molar-refractivity contribution in [3.63, 3.8) is 0 Å². The maximum Gasteiger partial charge on any atom is 0.0940 e. The van der Waals surface area contributed by atoms with Crippen LogP contribution in [0, 0.1) is 17.2 Å². The van der Waals surface area contributed by atoms with Gasteiger partial charge in [0.1, 0.15) is 0 Å². The lowest BCUT2D eigenvalue weighted by atomic mass is 10.2. The fourth-order valence-electron chi connectivity index (χ4n) is 0.654. The van der Waals surface area contributed by atoms with Gasteiger partial charge in [-0.1, -0.05) is 6.08 Å². The summed E-state index contributed by atoms with van der Waals surface area (Å²) in [4.78, 5) is 0. The molecule has 0 amide bonds. The summed E-state index contributed by atoms with van der Waals surface area (Å²) in [6, 6.07) is 2.10. The Kier molecular flexibility index (Phi) is 1.34. The van der Waals surface area contributed by atoms with E-state index in [9.17, 15) is 0 Å². The summed E-state index contributed by atoms with van der Waals surface area (Å²) in [6.07, 6.45) is 4.64. The van der Waals surface area contributed by atoms with Gasteiger partial charge in [-0.05, 0) is 25.7 Å². The molecule has 42 valence electrons. The molecule has 1 heteroatoms. The molecule has 0 heterocycles. The molecule has 0 saturated heterocycles. The van der Waals surface area contributed by atoms with Crippen molar-refractivity contribution in [3.05, 3.63) is 11.6 Å². The van der Waals surface area contributed by atoms with E-state index in [1.54, 1.807) is 0 Å². The molecule has 0 atom stereocenters. The van der Waals surface area contributed by atoms with Crippen LogP contribution in [0.1, 0.15) is 19.8 Å². The second-order valence-corrected chi connectivity index (χ2v) is 2.30. The standard InChI is InChI=1S/C7H9N/c1-6(5-8)4-7-2-3-7/h4,7H,2-3H2,1H3/b6-4+. The fraction of sp³-hybridized carbons (Fsp3) is 0.571. The highest BCUT2D eigenvalue weighted by Gasteiger charge is 2.17. The van der Waals surface area contributed by atoms with E-state index >= 15 is 0 Å². The zero-order valence-electron chi connectivity index (χ0n) is 5.02. The topological polar surface area (TPSA) is 23.8 Å². The SMILES string of the molecule is C/C(C#N)=C\C1CC1. The molecule has 0 aromatic heterocycles. The molecular formula is C7H9N. The molecule has 0 aromatic rings. The van der Waals surface area contributed by atoms with E-state index in [0.29, 0.717) is 0 Å². The molecule has 0 aromatic carbocycles. The van der Waals surface area contributed by atoms with Gasteiger partial charge in [-0.3, -0.25) is 0 Å². The third kappa shape index (κ3) is 1.38. The van der Waals surface area contributed by atoms with E-state index in [1.807, 2.05) is 6.92 Å². The van der Waals surface area contributed by atoms with Crippen LogP contribution in [-0.2, 0) is 0 Å². The largest absolute Gasteiger partial charge is 0.193 e. The summed E-state index contributed by atoms with van der Waals surface area (Å²) in [6.45, 7) is 1.86. The van der Waals surface area contributed by atoms with Gasteiger partial charge in [-0.15, -0.1) is 0 Å². The molecule has 1 nitrogen and oxygen atoms in total. The Labute approximate surface area is 49.6 Å². The maximum absolute atomic E-state index is 8.29. The first kappa shape index (κ1) is 5.37. The Morgan fingerprint density at radius 3 is 2.75 bits per heavy atom. The lowest BCUT2D eigenvalue weighted by Crippen LogP contribution is -1.68. The molecule has 1 saturated carbocycles. The molecule has 8 heavy (non-hydrogen) atoms. The Morgan fingerprint density at radius 1 is 1.75 bits per heavy atom. The van der Waals surface area contributed by atoms with Crippen molar-refractivity contribution in [3.8, 4) is 6.07 Å². The van der Waals surface area contributed by atoms with Gasteiger partial charge in [0, 0.05) is 5.57 Å². The number of allylic oxidation sites excluding steroid dienone is 2. The summed E-state index contributed by atoms with van der Waals surface area (Å²) in [5.74, 6) is 0.745. The molecule has 1 aliphatic rings. The fourth-order valence-corrected chi connectivity index (χ4v) is 0.654. The van der Waals surface area contributed by atoms with Crippen molar-refractivity contribution in [1.82, 2.24) is 0 Å². The Balaban J connectivity index is 2.42. The highest BCUT2D eigenvalue weighted by atomic mass is 14.3. The van der Waals surface area contributed by atoms with E-state index in [0.717, 1.165) is 11.5 Å². The first-order chi connectivity index (χ1) is 3.83. The van der Waals surface area contributed by atoms with Crippen molar-refractivity contribution >= 4 is 0 Å². The molecule has 0 radical (unpaired) electrons. The third-order valence-electron chi connectivity index (χ3n) is 1.28. The minimum absolute atomic E-state index is 0.745. The predicted molar refractivity (Wildman–Crippen MR) is 32.1 cm³/mol. The van der Waals surface area contributed by atoms with Crippen LogP contribution in [0.5, 0.6) is 0 Å².